The van der Waals surface area contributed by atoms with Gasteiger partial charge in [0.05, 0.1) is 0 Å². The van der Waals surface area contributed by atoms with Crippen LogP contribution in [0, 0.1) is 5.92 Å². The third-order valence-corrected chi connectivity index (χ3v) is 4.87. The molecule has 2 unspecified atom stereocenters. The fraction of sp³-hybridized carbons (Fsp3) is 0.692. The van der Waals surface area contributed by atoms with Crippen LogP contribution in [0.3, 0.4) is 0 Å². The predicted molar refractivity (Wildman–Crippen MR) is 70.5 cm³/mol. The highest BCUT2D eigenvalue weighted by Gasteiger charge is 2.24. The van der Waals surface area contributed by atoms with Gasteiger partial charge in [0.2, 0.25) is 0 Å². The fourth-order valence-corrected chi connectivity index (χ4v) is 3.38. The molecule has 0 amide bonds. The normalized spacial score (nSPS) is 27.2. The van der Waals surface area contributed by atoms with E-state index < -0.39 is 0 Å². The lowest BCUT2D eigenvalue weighted by atomic mass is 9.92. The minimum absolute atomic E-state index is 0.677. The van der Waals surface area contributed by atoms with Gasteiger partial charge in [-0.05, 0) is 44.4 Å². The van der Waals surface area contributed by atoms with Gasteiger partial charge in [-0.25, -0.2) is 0 Å². The van der Waals surface area contributed by atoms with E-state index in [0.717, 1.165) is 18.5 Å². The first kappa shape index (κ1) is 12.1. The van der Waals surface area contributed by atoms with Crippen LogP contribution in [-0.2, 0) is 13.1 Å². The van der Waals surface area contributed by atoms with E-state index in [9.17, 15) is 0 Å². The Bertz CT molecular complexity index is 334. The van der Waals surface area contributed by atoms with Crippen molar-refractivity contribution >= 4 is 11.3 Å². The average Bonchev–Trinajstić information content (AvgIpc) is 2.73. The molecule has 90 valence electrons. The molecule has 1 aromatic heterocycles. The SMILES string of the molecule is CC1CCCN(Cc2ccc(CN)s2)C1C. The monoisotopic (exact) mass is 238 g/mol. The first-order valence-electron chi connectivity index (χ1n) is 6.22. The molecule has 16 heavy (non-hydrogen) atoms. The van der Waals surface area contributed by atoms with Crippen LogP contribution in [0.2, 0.25) is 0 Å². The van der Waals surface area contributed by atoms with Crippen LogP contribution >= 0.6 is 11.3 Å². The van der Waals surface area contributed by atoms with Crippen LogP contribution in [0.4, 0.5) is 0 Å². The number of piperidine rings is 1. The summed E-state index contributed by atoms with van der Waals surface area (Å²) in [6.45, 7) is 7.77. The molecule has 0 saturated carbocycles. The third kappa shape index (κ3) is 2.65. The largest absolute Gasteiger partial charge is 0.326 e. The van der Waals surface area contributed by atoms with Crippen molar-refractivity contribution in [3.8, 4) is 0 Å². The zero-order valence-corrected chi connectivity index (χ0v) is 11.1. The number of rotatable bonds is 3. The molecule has 0 aliphatic carbocycles. The Labute approximate surface area is 102 Å². The summed E-state index contributed by atoms with van der Waals surface area (Å²) >= 11 is 1.86. The molecule has 3 heteroatoms. The van der Waals surface area contributed by atoms with Crippen LogP contribution in [0.25, 0.3) is 0 Å². The van der Waals surface area contributed by atoms with Crippen molar-refractivity contribution in [3.05, 3.63) is 21.9 Å². The fourth-order valence-electron chi connectivity index (χ4n) is 2.46. The van der Waals surface area contributed by atoms with Gasteiger partial charge < -0.3 is 5.73 Å². The third-order valence-electron chi connectivity index (χ3n) is 3.78. The van der Waals surface area contributed by atoms with Crippen molar-refractivity contribution in [2.24, 2.45) is 11.7 Å². The maximum atomic E-state index is 5.64. The van der Waals surface area contributed by atoms with E-state index in [4.69, 9.17) is 5.73 Å². The molecule has 2 N–H and O–H groups in total. The first-order valence-corrected chi connectivity index (χ1v) is 7.04. The van der Waals surface area contributed by atoms with E-state index in [1.165, 1.54) is 29.1 Å². The van der Waals surface area contributed by atoms with Crippen LogP contribution in [0.1, 0.15) is 36.4 Å². The predicted octanol–water partition coefficient (Wildman–Crippen LogP) is 2.83. The highest BCUT2D eigenvalue weighted by atomic mass is 32.1. The van der Waals surface area contributed by atoms with E-state index in [1.807, 2.05) is 11.3 Å². The molecule has 1 aromatic rings. The molecule has 1 saturated heterocycles. The number of nitrogens with zero attached hydrogens (tertiary/aromatic N) is 1. The van der Waals surface area contributed by atoms with Gasteiger partial charge in [-0.1, -0.05) is 6.92 Å². The Morgan fingerprint density at radius 1 is 1.38 bits per heavy atom. The summed E-state index contributed by atoms with van der Waals surface area (Å²) in [4.78, 5) is 5.37. The van der Waals surface area contributed by atoms with Gasteiger partial charge in [0.1, 0.15) is 0 Å². The number of hydrogen-bond donors (Lipinski definition) is 1. The van der Waals surface area contributed by atoms with Gasteiger partial charge in [-0.3, -0.25) is 4.90 Å². The Morgan fingerprint density at radius 3 is 2.81 bits per heavy atom. The Kier molecular flexibility index (Phi) is 4.00. The molecule has 1 fully saturated rings. The second-order valence-corrected chi connectivity index (χ2v) is 6.16. The Hall–Kier alpha value is -0.380. The number of hydrogen-bond acceptors (Lipinski definition) is 3. The van der Waals surface area contributed by atoms with Gasteiger partial charge in [-0.15, -0.1) is 11.3 Å². The topological polar surface area (TPSA) is 29.3 Å². The number of nitrogens with two attached hydrogens (primary N) is 1. The smallest absolute Gasteiger partial charge is 0.0330 e. The van der Waals surface area contributed by atoms with Crippen molar-refractivity contribution < 1.29 is 0 Å². The quantitative estimate of drug-likeness (QED) is 0.877. The lowest BCUT2D eigenvalue weighted by molar-refractivity contribution is 0.107. The number of likely N-dealkylation sites (tertiary alicyclic amines) is 1. The van der Waals surface area contributed by atoms with Crippen LogP contribution in [-0.4, -0.2) is 17.5 Å². The average molecular weight is 238 g/mol. The summed E-state index contributed by atoms with van der Waals surface area (Å²) < 4.78 is 0. The minimum atomic E-state index is 0.677. The van der Waals surface area contributed by atoms with Gasteiger partial charge in [-0.2, -0.15) is 0 Å². The van der Waals surface area contributed by atoms with Crippen LogP contribution < -0.4 is 5.73 Å². The van der Waals surface area contributed by atoms with Gasteiger partial charge in [0, 0.05) is 28.9 Å². The van der Waals surface area contributed by atoms with E-state index >= 15 is 0 Å². The zero-order chi connectivity index (χ0) is 11.5. The second-order valence-electron chi connectivity index (χ2n) is 4.90. The molecule has 2 nitrogen and oxygen atoms in total. The van der Waals surface area contributed by atoms with Crippen LogP contribution in [0.5, 0.6) is 0 Å². The molecular weight excluding hydrogens is 216 g/mol. The van der Waals surface area contributed by atoms with E-state index in [1.54, 1.807) is 0 Å². The molecule has 2 rings (SSSR count). The summed E-state index contributed by atoms with van der Waals surface area (Å²) in [7, 11) is 0. The molecule has 0 bridgehead atoms. The molecule has 0 aromatic carbocycles. The van der Waals surface area contributed by atoms with Crippen LogP contribution in [0.15, 0.2) is 12.1 Å². The summed E-state index contributed by atoms with van der Waals surface area (Å²) in [6, 6.07) is 5.12. The maximum absolute atomic E-state index is 5.64. The summed E-state index contributed by atoms with van der Waals surface area (Å²) in [5, 5.41) is 0. The lowest BCUT2D eigenvalue weighted by Gasteiger charge is -2.37. The second kappa shape index (κ2) is 5.30. The minimum Gasteiger partial charge on any atom is -0.326 e. The van der Waals surface area contributed by atoms with Crippen molar-refractivity contribution in [2.45, 2.75) is 45.8 Å². The molecule has 0 radical (unpaired) electrons. The molecular formula is C13H22N2S. The Morgan fingerprint density at radius 2 is 2.12 bits per heavy atom. The van der Waals surface area contributed by atoms with Crippen molar-refractivity contribution in [1.82, 2.24) is 4.90 Å². The van der Waals surface area contributed by atoms with Gasteiger partial charge >= 0.3 is 0 Å². The molecule has 0 spiro atoms. The lowest BCUT2D eigenvalue weighted by Crippen LogP contribution is -2.41. The van der Waals surface area contributed by atoms with E-state index in [-0.39, 0.29) is 0 Å². The molecule has 2 heterocycles. The first-order chi connectivity index (χ1) is 7.70. The Balaban J connectivity index is 1.97. The van der Waals surface area contributed by atoms with Crippen molar-refractivity contribution in [1.29, 1.82) is 0 Å². The molecule has 1 aliphatic heterocycles. The van der Waals surface area contributed by atoms with E-state index in [2.05, 4.69) is 30.9 Å². The van der Waals surface area contributed by atoms with Gasteiger partial charge in [0.25, 0.3) is 0 Å². The summed E-state index contributed by atoms with van der Waals surface area (Å²) in [6.07, 6.45) is 2.73. The number of thiophene rings is 1. The van der Waals surface area contributed by atoms with E-state index in [0.29, 0.717) is 6.54 Å². The maximum Gasteiger partial charge on any atom is 0.0330 e. The standard InChI is InChI=1S/C13H22N2S/c1-10-4-3-7-15(11(10)2)9-13-6-5-12(8-14)16-13/h5-6,10-11H,3-4,7-9,14H2,1-2H3. The molecule has 2 atom stereocenters. The molecule has 1 aliphatic rings. The summed E-state index contributed by atoms with van der Waals surface area (Å²) in [5.41, 5.74) is 5.64. The van der Waals surface area contributed by atoms with Gasteiger partial charge in [0.15, 0.2) is 0 Å². The summed E-state index contributed by atoms with van der Waals surface area (Å²) in [5.74, 6) is 0.836. The highest BCUT2D eigenvalue weighted by Crippen LogP contribution is 2.26. The highest BCUT2D eigenvalue weighted by molar-refractivity contribution is 7.11. The zero-order valence-electron chi connectivity index (χ0n) is 10.3. The van der Waals surface area contributed by atoms with Crippen molar-refractivity contribution in [2.75, 3.05) is 6.54 Å². The van der Waals surface area contributed by atoms with Crippen molar-refractivity contribution in [3.63, 3.8) is 0 Å².